The standard InChI is InChI=1S/C17H19BrN/c1-5-19(14(4)18)13(3)17-9-7-6-8-16(17)12(2)15-10-11-15/h4,6-9,15H,2-3,5,10-11H2,1H3/q-1. The summed E-state index contributed by atoms with van der Waals surface area (Å²) in [4.78, 5) is 1.96. The molecule has 100 valence electrons. The van der Waals surface area contributed by atoms with E-state index >= 15 is 0 Å². The van der Waals surface area contributed by atoms with Gasteiger partial charge in [0.2, 0.25) is 0 Å². The third kappa shape index (κ3) is 3.01. The SMILES string of the molecule is [CH-]=C(Br)N(CC)C(=C)c1ccccc1C(=C)C1CC1. The Morgan fingerprint density at radius 1 is 1.32 bits per heavy atom. The molecule has 0 N–H and O–H groups in total. The Bertz CT molecular complexity index is 526. The van der Waals surface area contributed by atoms with Gasteiger partial charge in [-0.2, -0.15) is 0 Å². The average Bonchev–Trinajstić information content (AvgIpc) is 3.22. The summed E-state index contributed by atoms with van der Waals surface area (Å²) < 4.78 is 0.590. The Labute approximate surface area is 124 Å². The molecule has 0 radical (unpaired) electrons. The molecule has 0 unspecified atom stereocenters. The predicted octanol–water partition coefficient (Wildman–Crippen LogP) is 5.07. The van der Waals surface area contributed by atoms with Crippen molar-refractivity contribution in [1.29, 1.82) is 0 Å². The van der Waals surface area contributed by atoms with Crippen LogP contribution in [0.4, 0.5) is 0 Å². The average molecular weight is 317 g/mol. The van der Waals surface area contributed by atoms with Gasteiger partial charge >= 0.3 is 0 Å². The molecular formula is C17H19BrN-. The quantitative estimate of drug-likeness (QED) is 0.523. The molecule has 0 aliphatic heterocycles. The highest BCUT2D eigenvalue weighted by Crippen LogP contribution is 2.43. The fourth-order valence-electron chi connectivity index (χ4n) is 2.28. The highest BCUT2D eigenvalue weighted by molar-refractivity contribution is 9.11. The van der Waals surface area contributed by atoms with Crippen molar-refractivity contribution in [2.45, 2.75) is 19.8 Å². The molecule has 1 saturated carbocycles. The van der Waals surface area contributed by atoms with E-state index in [0.29, 0.717) is 10.5 Å². The van der Waals surface area contributed by atoms with Crippen LogP contribution in [0.25, 0.3) is 11.3 Å². The van der Waals surface area contributed by atoms with Crippen molar-refractivity contribution < 1.29 is 0 Å². The van der Waals surface area contributed by atoms with Gasteiger partial charge in [-0.1, -0.05) is 53.4 Å². The van der Waals surface area contributed by atoms with Crippen LogP contribution in [0.1, 0.15) is 30.9 Å². The zero-order chi connectivity index (χ0) is 14.0. The lowest BCUT2D eigenvalue weighted by Gasteiger charge is -2.30. The molecule has 0 spiro atoms. The van der Waals surface area contributed by atoms with Crippen LogP contribution in [0.5, 0.6) is 0 Å². The van der Waals surface area contributed by atoms with Crippen LogP contribution in [0.3, 0.4) is 0 Å². The van der Waals surface area contributed by atoms with Gasteiger partial charge in [0.25, 0.3) is 0 Å². The highest BCUT2D eigenvalue weighted by atomic mass is 79.9. The van der Waals surface area contributed by atoms with E-state index in [1.807, 2.05) is 11.0 Å². The topological polar surface area (TPSA) is 3.24 Å². The molecule has 2 heteroatoms. The van der Waals surface area contributed by atoms with Crippen LogP contribution < -0.4 is 0 Å². The normalized spacial score (nSPS) is 14.0. The van der Waals surface area contributed by atoms with E-state index in [-0.39, 0.29) is 0 Å². The van der Waals surface area contributed by atoms with Crippen molar-refractivity contribution in [2.24, 2.45) is 5.92 Å². The summed E-state index contributed by atoms with van der Waals surface area (Å²) in [6.07, 6.45) is 2.51. The van der Waals surface area contributed by atoms with Crippen molar-refractivity contribution in [1.82, 2.24) is 4.90 Å². The third-order valence-electron chi connectivity index (χ3n) is 3.55. The largest absolute Gasteiger partial charge is 0.481 e. The van der Waals surface area contributed by atoms with E-state index in [1.165, 1.54) is 24.0 Å². The van der Waals surface area contributed by atoms with Crippen LogP contribution in [0.2, 0.25) is 0 Å². The lowest BCUT2D eigenvalue weighted by atomic mass is 9.95. The van der Waals surface area contributed by atoms with Crippen LogP contribution in [0, 0.1) is 12.5 Å². The number of rotatable bonds is 6. The molecule has 19 heavy (non-hydrogen) atoms. The Morgan fingerprint density at radius 2 is 1.89 bits per heavy atom. The zero-order valence-corrected chi connectivity index (χ0v) is 12.9. The van der Waals surface area contributed by atoms with Gasteiger partial charge in [0, 0.05) is 17.8 Å². The van der Waals surface area contributed by atoms with Gasteiger partial charge in [-0.25, -0.2) is 0 Å². The number of hydrogen-bond acceptors (Lipinski definition) is 1. The predicted molar refractivity (Wildman–Crippen MR) is 86.4 cm³/mol. The van der Waals surface area contributed by atoms with E-state index in [1.54, 1.807) is 0 Å². The first-order chi connectivity index (χ1) is 9.06. The molecule has 2 rings (SSSR count). The molecule has 1 aliphatic rings. The fourth-order valence-corrected chi connectivity index (χ4v) is 2.75. The van der Waals surface area contributed by atoms with Crippen molar-refractivity contribution >= 4 is 27.2 Å². The number of allylic oxidation sites excluding steroid dienone is 1. The summed E-state index contributed by atoms with van der Waals surface area (Å²) >= 11 is 3.34. The minimum absolute atomic E-state index is 0.590. The molecule has 1 aliphatic carbocycles. The molecule has 1 nitrogen and oxygen atoms in total. The summed E-state index contributed by atoms with van der Waals surface area (Å²) in [5.74, 6) is 0.648. The number of halogens is 1. The molecule has 0 amide bonds. The first-order valence-electron chi connectivity index (χ1n) is 6.59. The van der Waals surface area contributed by atoms with E-state index in [4.69, 9.17) is 6.58 Å². The lowest BCUT2D eigenvalue weighted by Crippen LogP contribution is -2.18. The Morgan fingerprint density at radius 3 is 2.37 bits per heavy atom. The fraction of sp³-hybridized carbons (Fsp3) is 0.294. The minimum Gasteiger partial charge on any atom is -0.481 e. The summed E-state index contributed by atoms with van der Waals surface area (Å²) in [6, 6.07) is 8.29. The van der Waals surface area contributed by atoms with Gasteiger partial charge in [0.1, 0.15) is 0 Å². The summed E-state index contributed by atoms with van der Waals surface area (Å²) in [5.41, 5.74) is 4.45. The van der Waals surface area contributed by atoms with E-state index in [2.05, 4.69) is 54.2 Å². The van der Waals surface area contributed by atoms with Crippen molar-refractivity contribution in [3.8, 4) is 0 Å². The third-order valence-corrected chi connectivity index (χ3v) is 3.98. The smallest absolute Gasteiger partial charge is 0.0396 e. The monoisotopic (exact) mass is 316 g/mol. The maximum absolute atomic E-state index is 5.86. The molecule has 0 atom stereocenters. The summed E-state index contributed by atoms with van der Waals surface area (Å²) in [6.45, 7) is 17.1. The maximum atomic E-state index is 5.86. The second-order valence-corrected chi connectivity index (χ2v) is 5.67. The maximum Gasteiger partial charge on any atom is 0.0396 e. The minimum atomic E-state index is 0.590. The molecular weight excluding hydrogens is 298 g/mol. The van der Waals surface area contributed by atoms with Gasteiger partial charge in [-0.15, -0.1) is 4.61 Å². The van der Waals surface area contributed by atoms with Gasteiger partial charge in [-0.3, -0.25) is 0 Å². The Kier molecular flexibility index (Phi) is 4.31. The van der Waals surface area contributed by atoms with E-state index in [9.17, 15) is 0 Å². The van der Waals surface area contributed by atoms with Gasteiger partial charge < -0.3 is 11.5 Å². The molecule has 0 heterocycles. The highest BCUT2D eigenvalue weighted by Gasteiger charge is 2.27. The second-order valence-electron chi connectivity index (χ2n) is 4.86. The molecule has 0 bridgehead atoms. The van der Waals surface area contributed by atoms with Crippen molar-refractivity contribution in [3.05, 3.63) is 59.7 Å². The molecule has 1 fully saturated rings. The van der Waals surface area contributed by atoms with E-state index < -0.39 is 0 Å². The Hall–Kier alpha value is -1.28. The molecule has 1 aromatic rings. The molecule has 0 saturated heterocycles. The zero-order valence-electron chi connectivity index (χ0n) is 11.3. The second kappa shape index (κ2) is 5.79. The van der Waals surface area contributed by atoms with Gasteiger partial charge in [0.15, 0.2) is 0 Å². The van der Waals surface area contributed by atoms with Gasteiger partial charge in [-0.05, 0) is 36.8 Å². The first-order valence-corrected chi connectivity index (χ1v) is 7.38. The number of hydrogen-bond donors (Lipinski definition) is 0. The van der Waals surface area contributed by atoms with Crippen LogP contribution in [-0.2, 0) is 0 Å². The van der Waals surface area contributed by atoms with E-state index in [0.717, 1.165) is 17.8 Å². The Balaban J connectivity index is 2.36. The van der Waals surface area contributed by atoms with Crippen LogP contribution in [-0.4, -0.2) is 11.4 Å². The number of benzene rings is 1. The molecule has 1 aromatic carbocycles. The van der Waals surface area contributed by atoms with Crippen molar-refractivity contribution in [2.75, 3.05) is 6.54 Å². The lowest BCUT2D eigenvalue weighted by molar-refractivity contribution is 0.554. The van der Waals surface area contributed by atoms with Crippen LogP contribution >= 0.6 is 15.9 Å². The summed E-state index contributed by atoms with van der Waals surface area (Å²) in [7, 11) is 0. The molecule has 0 aromatic heterocycles. The van der Waals surface area contributed by atoms with Crippen molar-refractivity contribution in [3.63, 3.8) is 0 Å². The summed E-state index contributed by atoms with van der Waals surface area (Å²) in [5, 5.41) is 0. The first kappa shape index (κ1) is 14.1. The van der Waals surface area contributed by atoms with Gasteiger partial charge in [0.05, 0.1) is 0 Å². The number of nitrogens with zero attached hydrogens (tertiary/aromatic N) is 1. The van der Waals surface area contributed by atoms with Crippen LogP contribution in [0.15, 0.2) is 42.0 Å².